The van der Waals surface area contributed by atoms with Crippen molar-refractivity contribution in [2.75, 3.05) is 13.2 Å². The van der Waals surface area contributed by atoms with Crippen molar-refractivity contribution in [3.8, 4) is 0 Å². The summed E-state index contributed by atoms with van der Waals surface area (Å²) in [5.41, 5.74) is 0. The fraction of sp³-hybridized carbons (Fsp3) is 0.800. The summed E-state index contributed by atoms with van der Waals surface area (Å²) in [7, 11) is 0. The van der Waals surface area contributed by atoms with Crippen LogP contribution in [0.4, 0.5) is 0 Å². The lowest BCUT2D eigenvalue weighted by Crippen LogP contribution is -2.26. The van der Waals surface area contributed by atoms with Gasteiger partial charge in [-0.25, -0.2) is 4.98 Å². The lowest BCUT2D eigenvalue weighted by molar-refractivity contribution is 0.0992. The van der Waals surface area contributed by atoms with Crippen LogP contribution in [-0.2, 0) is 11.3 Å². The molecule has 1 aromatic rings. The first-order valence-corrected chi connectivity index (χ1v) is 7.71. The molecule has 4 heteroatoms. The Labute approximate surface area is 116 Å². The maximum Gasteiger partial charge on any atom is 0.125 e. The normalized spacial score (nSPS) is 20.8. The van der Waals surface area contributed by atoms with Gasteiger partial charge in [-0.15, -0.1) is 0 Å². The molecule has 0 aliphatic carbocycles. The smallest absolute Gasteiger partial charge is 0.125 e. The number of rotatable bonds is 8. The van der Waals surface area contributed by atoms with Gasteiger partial charge in [0.2, 0.25) is 0 Å². The van der Waals surface area contributed by atoms with Gasteiger partial charge in [-0.1, -0.05) is 6.92 Å². The average Bonchev–Trinajstić information content (AvgIpc) is 3.09. The quantitative estimate of drug-likeness (QED) is 0.785. The molecule has 0 bridgehead atoms. The highest BCUT2D eigenvalue weighted by molar-refractivity contribution is 4.99. The third-order valence-electron chi connectivity index (χ3n) is 3.84. The van der Waals surface area contributed by atoms with Gasteiger partial charge >= 0.3 is 0 Å². The molecule has 2 rings (SSSR count). The molecule has 108 valence electrons. The van der Waals surface area contributed by atoms with Gasteiger partial charge in [0, 0.05) is 25.5 Å². The Morgan fingerprint density at radius 1 is 1.53 bits per heavy atom. The van der Waals surface area contributed by atoms with Crippen LogP contribution in [0.5, 0.6) is 0 Å². The number of nitrogens with one attached hydrogen (secondary N) is 1. The molecule has 0 aromatic carbocycles. The fourth-order valence-corrected chi connectivity index (χ4v) is 2.76. The van der Waals surface area contributed by atoms with E-state index in [1.807, 2.05) is 6.20 Å². The Morgan fingerprint density at radius 2 is 2.42 bits per heavy atom. The van der Waals surface area contributed by atoms with Crippen LogP contribution in [0, 0.1) is 0 Å². The minimum absolute atomic E-state index is 0.360. The van der Waals surface area contributed by atoms with E-state index in [0.29, 0.717) is 12.1 Å². The van der Waals surface area contributed by atoms with Crippen molar-refractivity contribution in [3.05, 3.63) is 18.2 Å². The van der Waals surface area contributed by atoms with Gasteiger partial charge in [-0.3, -0.25) is 0 Å². The van der Waals surface area contributed by atoms with Gasteiger partial charge in [-0.2, -0.15) is 0 Å². The van der Waals surface area contributed by atoms with Gasteiger partial charge in [0.15, 0.2) is 0 Å². The Balaban J connectivity index is 1.94. The second-order valence-corrected chi connectivity index (χ2v) is 5.29. The van der Waals surface area contributed by atoms with Crippen LogP contribution in [0.15, 0.2) is 12.4 Å². The molecule has 0 amide bonds. The first-order chi connectivity index (χ1) is 9.35. The molecule has 1 aliphatic heterocycles. The van der Waals surface area contributed by atoms with Crippen molar-refractivity contribution in [2.45, 2.75) is 64.6 Å². The maximum absolute atomic E-state index is 5.73. The Morgan fingerprint density at radius 3 is 3.11 bits per heavy atom. The second kappa shape index (κ2) is 7.65. The van der Waals surface area contributed by atoms with E-state index in [0.717, 1.165) is 39.0 Å². The van der Waals surface area contributed by atoms with Crippen molar-refractivity contribution >= 4 is 0 Å². The van der Waals surface area contributed by atoms with Crippen LogP contribution in [0.2, 0.25) is 0 Å². The summed E-state index contributed by atoms with van der Waals surface area (Å²) in [6, 6.07) is 0.360. The fourth-order valence-electron chi connectivity index (χ4n) is 2.76. The number of nitrogens with zero attached hydrogens (tertiary/aromatic N) is 2. The van der Waals surface area contributed by atoms with Crippen LogP contribution < -0.4 is 5.32 Å². The van der Waals surface area contributed by atoms with Gasteiger partial charge < -0.3 is 14.6 Å². The van der Waals surface area contributed by atoms with Crippen molar-refractivity contribution < 1.29 is 4.74 Å². The highest BCUT2D eigenvalue weighted by Crippen LogP contribution is 2.23. The third kappa shape index (κ3) is 4.05. The van der Waals surface area contributed by atoms with Gasteiger partial charge in [-0.05, 0) is 45.6 Å². The summed E-state index contributed by atoms with van der Waals surface area (Å²) in [4.78, 5) is 4.55. The van der Waals surface area contributed by atoms with E-state index >= 15 is 0 Å². The topological polar surface area (TPSA) is 39.1 Å². The lowest BCUT2D eigenvalue weighted by Gasteiger charge is -2.20. The first kappa shape index (κ1) is 14.5. The van der Waals surface area contributed by atoms with Crippen LogP contribution >= 0.6 is 0 Å². The van der Waals surface area contributed by atoms with Crippen molar-refractivity contribution in [2.24, 2.45) is 0 Å². The zero-order valence-electron chi connectivity index (χ0n) is 12.3. The number of aromatic nitrogens is 2. The summed E-state index contributed by atoms with van der Waals surface area (Å²) < 4.78 is 7.97. The summed E-state index contributed by atoms with van der Waals surface area (Å²) in [5, 5.41) is 3.63. The molecular weight excluding hydrogens is 238 g/mol. The SMILES string of the molecule is CCCNC(CCC1CCCO1)c1nccn1CC. The van der Waals surface area contributed by atoms with E-state index in [-0.39, 0.29) is 0 Å². The lowest BCUT2D eigenvalue weighted by atomic mass is 10.0. The van der Waals surface area contributed by atoms with Crippen molar-refractivity contribution in [1.29, 1.82) is 0 Å². The minimum Gasteiger partial charge on any atom is -0.378 e. The molecule has 2 unspecified atom stereocenters. The molecule has 4 nitrogen and oxygen atoms in total. The molecule has 0 spiro atoms. The van der Waals surface area contributed by atoms with E-state index < -0.39 is 0 Å². The molecule has 0 saturated carbocycles. The molecular formula is C15H27N3O. The third-order valence-corrected chi connectivity index (χ3v) is 3.84. The molecule has 2 atom stereocenters. The number of hydrogen-bond donors (Lipinski definition) is 1. The standard InChI is InChI=1S/C15H27N3O/c1-3-9-16-14(8-7-13-6-5-12-19-13)15-17-10-11-18(15)4-2/h10-11,13-14,16H,3-9,12H2,1-2H3. The monoisotopic (exact) mass is 265 g/mol. The molecule has 2 heterocycles. The number of ether oxygens (including phenoxy) is 1. The molecule has 1 aromatic heterocycles. The summed E-state index contributed by atoms with van der Waals surface area (Å²) in [6.07, 6.45) is 10.3. The van der Waals surface area contributed by atoms with Gasteiger partial charge in [0.25, 0.3) is 0 Å². The molecule has 1 aliphatic rings. The maximum atomic E-state index is 5.73. The van der Waals surface area contributed by atoms with E-state index in [1.54, 1.807) is 0 Å². The second-order valence-electron chi connectivity index (χ2n) is 5.29. The van der Waals surface area contributed by atoms with Gasteiger partial charge in [0.1, 0.15) is 5.82 Å². The van der Waals surface area contributed by atoms with Crippen molar-refractivity contribution in [3.63, 3.8) is 0 Å². The van der Waals surface area contributed by atoms with Crippen LogP contribution in [0.25, 0.3) is 0 Å². The zero-order valence-corrected chi connectivity index (χ0v) is 12.3. The molecule has 1 N–H and O–H groups in total. The molecule has 1 saturated heterocycles. The predicted octanol–water partition coefficient (Wildman–Crippen LogP) is 2.90. The summed E-state index contributed by atoms with van der Waals surface area (Å²) >= 11 is 0. The van der Waals surface area contributed by atoms with E-state index in [4.69, 9.17) is 4.74 Å². The Hall–Kier alpha value is -0.870. The summed E-state index contributed by atoms with van der Waals surface area (Å²) in [6.45, 7) is 7.35. The van der Waals surface area contributed by atoms with Crippen LogP contribution in [-0.4, -0.2) is 28.8 Å². The molecule has 0 radical (unpaired) electrons. The number of aryl methyl sites for hydroxylation is 1. The Kier molecular flexibility index (Phi) is 5.86. The van der Waals surface area contributed by atoms with E-state index in [1.165, 1.54) is 18.7 Å². The zero-order chi connectivity index (χ0) is 13.5. The molecule has 19 heavy (non-hydrogen) atoms. The highest BCUT2D eigenvalue weighted by Gasteiger charge is 2.20. The number of hydrogen-bond acceptors (Lipinski definition) is 3. The Bertz CT molecular complexity index is 358. The van der Waals surface area contributed by atoms with E-state index in [9.17, 15) is 0 Å². The highest BCUT2D eigenvalue weighted by atomic mass is 16.5. The van der Waals surface area contributed by atoms with Crippen LogP contribution in [0.3, 0.4) is 0 Å². The largest absolute Gasteiger partial charge is 0.378 e. The minimum atomic E-state index is 0.360. The van der Waals surface area contributed by atoms with E-state index in [2.05, 4.69) is 34.9 Å². The van der Waals surface area contributed by atoms with Gasteiger partial charge in [0.05, 0.1) is 12.1 Å². The number of imidazole rings is 1. The summed E-state index contributed by atoms with van der Waals surface area (Å²) in [5.74, 6) is 1.17. The first-order valence-electron chi connectivity index (χ1n) is 7.71. The predicted molar refractivity (Wildman–Crippen MR) is 77.1 cm³/mol. The van der Waals surface area contributed by atoms with Crippen molar-refractivity contribution in [1.82, 2.24) is 14.9 Å². The van der Waals surface area contributed by atoms with Crippen LogP contribution in [0.1, 0.15) is 57.8 Å². The molecule has 1 fully saturated rings. The average molecular weight is 265 g/mol.